The fourth-order valence-corrected chi connectivity index (χ4v) is 3.46. The lowest BCUT2D eigenvalue weighted by Crippen LogP contribution is -2.39. The molecule has 0 radical (unpaired) electrons. The lowest BCUT2D eigenvalue weighted by atomic mass is 9.95. The number of aromatic amines is 2. The normalized spacial score (nSPS) is 18.2. The number of rotatable bonds is 5. The molecule has 1 atom stereocenters. The number of hydrogen-bond acceptors (Lipinski definition) is 4. The van der Waals surface area contributed by atoms with Gasteiger partial charge in [0, 0.05) is 18.9 Å². The van der Waals surface area contributed by atoms with Crippen LogP contribution in [0.3, 0.4) is 0 Å². The summed E-state index contributed by atoms with van der Waals surface area (Å²) in [5.41, 5.74) is -0.919. The molecule has 2 aromatic rings. The summed E-state index contributed by atoms with van der Waals surface area (Å²) >= 11 is 0. The molecule has 1 aliphatic rings. The molecule has 0 saturated carbocycles. The molecule has 142 valence electrons. The van der Waals surface area contributed by atoms with Crippen LogP contribution in [-0.4, -0.2) is 50.9 Å². The van der Waals surface area contributed by atoms with Gasteiger partial charge in [-0.15, -0.1) is 0 Å². The Morgan fingerprint density at radius 1 is 1.27 bits per heavy atom. The second-order valence-electron chi connectivity index (χ2n) is 6.65. The van der Waals surface area contributed by atoms with Crippen LogP contribution in [-0.2, 0) is 12.6 Å². The Balaban J connectivity index is 1.54. The van der Waals surface area contributed by atoms with E-state index < -0.39 is 17.8 Å². The van der Waals surface area contributed by atoms with Gasteiger partial charge in [0.15, 0.2) is 0 Å². The van der Waals surface area contributed by atoms with E-state index in [1.807, 2.05) is 4.90 Å². The SMILES string of the molecule is O=c1[nH]nc(C2CCN(CC(O)Cc3ccccc3C(F)(F)F)CC2)[nH]1. The second kappa shape index (κ2) is 7.63. The topological polar surface area (TPSA) is 85.0 Å². The number of H-pyrrole nitrogens is 2. The van der Waals surface area contributed by atoms with Gasteiger partial charge in [-0.1, -0.05) is 18.2 Å². The van der Waals surface area contributed by atoms with Crippen LogP contribution < -0.4 is 5.69 Å². The number of hydrogen-bond donors (Lipinski definition) is 3. The summed E-state index contributed by atoms with van der Waals surface area (Å²) in [6.45, 7) is 1.70. The van der Waals surface area contributed by atoms with Gasteiger partial charge >= 0.3 is 11.9 Å². The monoisotopic (exact) mass is 370 g/mol. The first-order chi connectivity index (χ1) is 12.3. The maximum Gasteiger partial charge on any atom is 0.416 e. The van der Waals surface area contributed by atoms with Crippen molar-refractivity contribution in [1.82, 2.24) is 20.1 Å². The number of aromatic nitrogens is 3. The molecule has 1 fully saturated rings. The van der Waals surface area contributed by atoms with Crippen LogP contribution >= 0.6 is 0 Å². The van der Waals surface area contributed by atoms with Crippen molar-refractivity contribution in [2.45, 2.75) is 37.5 Å². The van der Waals surface area contributed by atoms with E-state index >= 15 is 0 Å². The molecule has 0 bridgehead atoms. The van der Waals surface area contributed by atoms with Crippen LogP contribution in [0, 0.1) is 0 Å². The smallest absolute Gasteiger partial charge is 0.391 e. The molecule has 1 unspecified atom stereocenters. The number of aliphatic hydroxyl groups is 1. The molecule has 0 spiro atoms. The summed E-state index contributed by atoms with van der Waals surface area (Å²) in [5.74, 6) is 0.780. The molecule has 1 aromatic carbocycles. The number of alkyl halides is 3. The van der Waals surface area contributed by atoms with Gasteiger partial charge < -0.3 is 10.0 Å². The van der Waals surface area contributed by atoms with Crippen molar-refractivity contribution in [1.29, 1.82) is 0 Å². The van der Waals surface area contributed by atoms with Crippen LogP contribution in [0.2, 0.25) is 0 Å². The van der Waals surface area contributed by atoms with Gasteiger partial charge in [0.2, 0.25) is 0 Å². The summed E-state index contributed by atoms with van der Waals surface area (Å²) in [4.78, 5) is 15.8. The largest absolute Gasteiger partial charge is 0.416 e. The minimum absolute atomic E-state index is 0.0394. The van der Waals surface area contributed by atoms with Crippen LogP contribution in [0.1, 0.15) is 35.7 Å². The van der Waals surface area contributed by atoms with Gasteiger partial charge in [-0.3, -0.25) is 4.98 Å². The van der Waals surface area contributed by atoms with Gasteiger partial charge in [-0.05, 0) is 37.6 Å². The number of aliphatic hydroxyl groups excluding tert-OH is 1. The van der Waals surface area contributed by atoms with E-state index in [1.165, 1.54) is 12.1 Å². The van der Waals surface area contributed by atoms with E-state index in [-0.39, 0.29) is 23.6 Å². The minimum Gasteiger partial charge on any atom is -0.391 e. The first-order valence-electron chi connectivity index (χ1n) is 8.53. The maximum absolute atomic E-state index is 13.0. The van der Waals surface area contributed by atoms with Gasteiger partial charge in [0.1, 0.15) is 5.82 Å². The predicted octanol–water partition coefficient (Wildman–Crippen LogP) is 1.90. The van der Waals surface area contributed by atoms with E-state index in [0.717, 1.165) is 18.9 Å². The van der Waals surface area contributed by atoms with E-state index in [2.05, 4.69) is 15.2 Å². The van der Waals surface area contributed by atoms with E-state index in [9.17, 15) is 23.1 Å². The Kier molecular flexibility index (Phi) is 5.47. The highest BCUT2D eigenvalue weighted by Crippen LogP contribution is 2.32. The Labute approximate surface area is 148 Å². The van der Waals surface area contributed by atoms with Crippen molar-refractivity contribution in [3.8, 4) is 0 Å². The molecule has 1 saturated heterocycles. The summed E-state index contributed by atoms with van der Waals surface area (Å²) in [6.07, 6.45) is -3.79. The first-order valence-corrected chi connectivity index (χ1v) is 8.53. The summed E-state index contributed by atoms with van der Waals surface area (Å²) in [5, 5.41) is 16.6. The van der Waals surface area contributed by atoms with Crippen molar-refractivity contribution in [3.63, 3.8) is 0 Å². The van der Waals surface area contributed by atoms with Gasteiger partial charge in [-0.25, -0.2) is 9.89 Å². The molecule has 2 heterocycles. The quantitative estimate of drug-likeness (QED) is 0.751. The highest BCUT2D eigenvalue weighted by atomic mass is 19.4. The Morgan fingerprint density at radius 2 is 1.96 bits per heavy atom. The second-order valence-corrected chi connectivity index (χ2v) is 6.65. The molecular weight excluding hydrogens is 349 g/mol. The number of nitrogens with zero attached hydrogens (tertiary/aromatic N) is 2. The number of halogens is 3. The third-order valence-electron chi connectivity index (χ3n) is 4.74. The Morgan fingerprint density at radius 3 is 2.58 bits per heavy atom. The molecule has 1 aliphatic heterocycles. The summed E-state index contributed by atoms with van der Waals surface area (Å²) < 4.78 is 39.1. The molecule has 1 aromatic heterocycles. The Hall–Kier alpha value is -2.13. The standard InChI is InChI=1S/C17H21F3N4O2/c18-17(19,20)14-4-2-1-3-12(14)9-13(25)10-24-7-5-11(6-8-24)15-21-16(26)23-22-15/h1-4,11,13,25H,5-10H2,(H2,21,22,23,26). The zero-order chi connectivity index (χ0) is 18.7. The van der Waals surface area contributed by atoms with Crippen LogP contribution in [0.25, 0.3) is 0 Å². The number of piperidine rings is 1. The molecule has 26 heavy (non-hydrogen) atoms. The van der Waals surface area contributed by atoms with E-state index in [1.54, 1.807) is 6.07 Å². The molecular formula is C17H21F3N4O2. The predicted molar refractivity (Wildman–Crippen MR) is 88.8 cm³/mol. The van der Waals surface area contributed by atoms with Crippen molar-refractivity contribution < 1.29 is 18.3 Å². The molecule has 3 rings (SSSR count). The fraction of sp³-hybridized carbons (Fsp3) is 0.529. The van der Waals surface area contributed by atoms with Crippen molar-refractivity contribution in [3.05, 3.63) is 51.7 Å². The number of β-amino-alcohol motifs (C(OH)–C–C–N with tert-alkyl or cyclic N) is 1. The number of nitrogens with one attached hydrogen (secondary N) is 2. The third-order valence-corrected chi connectivity index (χ3v) is 4.74. The first kappa shape index (κ1) is 18.7. The maximum atomic E-state index is 13.0. The summed E-state index contributed by atoms with van der Waals surface area (Å²) in [7, 11) is 0. The van der Waals surface area contributed by atoms with Crippen molar-refractivity contribution >= 4 is 0 Å². The molecule has 3 N–H and O–H groups in total. The van der Waals surface area contributed by atoms with Gasteiger partial charge in [-0.2, -0.15) is 18.3 Å². The van der Waals surface area contributed by atoms with Gasteiger partial charge in [0.25, 0.3) is 0 Å². The third kappa shape index (κ3) is 4.53. The van der Waals surface area contributed by atoms with Crippen molar-refractivity contribution in [2.24, 2.45) is 0 Å². The van der Waals surface area contributed by atoms with Crippen molar-refractivity contribution in [2.75, 3.05) is 19.6 Å². The van der Waals surface area contributed by atoms with E-state index in [4.69, 9.17) is 0 Å². The number of likely N-dealkylation sites (tertiary alicyclic amines) is 1. The molecule has 9 heteroatoms. The fourth-order valence-electron chi connectivity index (χ4n) is 3.46. The highest BCUT2D eigenvalue weighted by Gasteiger charge is 2.33. The zero-order valence-corrected chi connectivity index (χ0v) is 14.1. The summed E-state index contributed by atoms with van der Waals surface area (Å²) in [6, 6.07) is 5.35. The highest BCUT2D eigenvalue weighted by molar-refractivity contribution is 5.30. The molecule has 0 aliphatic carbocycles. The van der Waals surface area contributed by atoms with E-state index in [0.29, 0.717) is 25.5 Å². The number of benzene rings is 1. The minimum atomic E-state index is -4.42. The average Bonchev–Trinajstić information content (AvgIpc) is 3.01. The molecule has 6 nitrogen and oxygen atoms in total. The van der Waals surface area contributed by atoms with Crippen LogP contribution in [0.4, 0.5) is 13.2 Å². The Bertz CT molecular complexity index is 779. The molecule has 0 amide bonds. The van der Waals surface area contributed by atoms with Crippen LogP contribution in [0.5, 0.6) is 0 Å². The lowest BCUT2D eigenvalue weighted by Gasteiger charge is -2.32. The van der Waals surface area contributed by atoms with Gasteiger partial charge in [0.05, 0.1) is 11.7 Å². The lowest BCUT2D eigenvalue weighted by molar-refractivity contribution is -0.138. The average molecular weight is 370 g/mol. The zero-order valence-electron chi connectivity index (χ0n) is 14.1. The van der Waals surface area contributed by atoms with Crippen LogP contribution in [0.15, 0.2) is 29.1 Å².